The highest BCUT2D eigenvalue weighted by atomic mass is 35.5. The molecule has 3 heteroatoms. The van der Waals surface area contributed by atoms with E-state index in [2.05, 4.69) is 5.32 Å². The molecule has 1 aromatic carbocycles. The number of halogens is 1. The summed E-state index contributed by atoms with van der Waals surface area (Å²) in [5, 5.41) is 14.1. The minimum Gasteiger partial charge on any atom is -0.508 e. The molecule has 0 radical (unpaired) electrons. The monoisotopic (exact) mass is 225 g/mol. The van der Waals surface area contributed by atoms with E-state index in [1.807, 2.05) is 13.8 Å². The maximum absolute atomic E-state index is 9.96. The summed E-state index contributed by atoms with van der Waals surface area (Å²) in [7, 11) is 0. The van der Waals surface area contributed by atoms with Crippen molar-refractivity contribution in [3.63, 3.8) is 0 Å². The van der Waals surface area contributed by atoms with Gasteiger partial charge in [0, 0.05) is 16.6 Å². The fourth-order valence-electron chi connectivity index (χ4n) is 2.32. The van der Waals surface area contributed by atoms with Gasteiger partial charge in [0.2, 0.25) is 0 Å². The number of aromatic hydroxyl groups is 1. The van der Waals surface area contributed by atoms with Crippen LogP contribution in [0.5, 0.6) is 5.75 Å². The maximum Gasteiger partial charge on any atom is 0.120 e. The van der Waals surface area contributed by atoms with Crippen molar-refractivity contribution >= 4 is 11.6 Å². The van der Waals surface area contributed by atoms with Crippen LogP contribution < -0.4 is 5.32 Å². The molecular formula is C12H16ClNO. The topological polar surface area (TPSA) is 32.3 Å². The maximum atomic E-state index is 9.96. The Bertz CT molecular complexity index is 384. The molecule has 1 heterocycles. The van der Waals surface area contributed by atoms with Crippen LogP contribution in [-0.4, -0.2) is 11.7 Å². The van der Waals surface area contributed by atoms with Crippen LogP contribution in [0.1, 0.15) is 35.6 Å². The lowest BCUT2D eigenvalue weighted by atomic mass is 9.97. The first kappa shape index (κ1) is 10.8. The van der Waals surface area contributed by atoms with Gasteiger partial charge in [0.25, 0.3) is 0 Å². The molecule has 1 aliphatic heterocycles. The van der Waals surface area contributed by atoms with Crippen molar-refractivity contribution in [1.82, 2.24) is 5.32 Å². The molecule has 2 N–H and O–H groups in total. The molecule has 1 saturated heterocycles. The molecule has 0 saturated carbocycles. The highest BCUT2D eigenvalue weighted by Crippen LogP contribution is 2.37. The summed E-state index contributed by atoms with van der Waals surface area (Å²) in [6.07, 6.45) is 2.24. The summed E-state index contributed by atoms with van der Waals surface area (Å²) < 4.78 is 0. The molecule has 0 aliphatic carbocycles. The summed E-state index contributed by atoms with van der Waals surface area (Å²) in [5.74, 6) is 0.369. The minimum atomic E-state index is 0.267. The molecule has 82 valence electrons. The molecular weight excluding hydrogens is 210 g/mol. The Morgan fingerprint density at radius 1 is 1.47 bits per heavy atom. The van der Waals surface area contributed by atoms with Gasteiger partial charge in [0.1, 0.15) is 5.75 Å². The summed E-state index contributed by atoms with van der Waals surface area (Å²) in [5.41, 5.74) is 2.92. The van der Waals surface area contributed by atoms with Crippen molar-refractivity contribution in [1.29, 1.82) is 0 Å². The molecule has 0 unspecified atom stereocenters. The van der Waals surface area contributed by atoms with E-state index in [1.54, 1.807) is 6.07 Å². The second-order valence-electron chi connectivity index (χ2n) is 4.21. The van der Waals surface area contributed by atoms with Crippen molar-refractivity contribution < 1.29 is 5.11 Å². The van der Waals surface area contributed by atoms with Crippen LogP contribution in [0.3, 0.4) is 0 Å². The first-order chi connectivity index (χ1) is 7.11. The lowest BCUT2D eigenvalue weighted by Crippen LogP contribution is -2.14. The molecule has 2 nitrogen and oxygen atoms in total. The second-order valence-corrected chi connectivity index (χ2v) is 4.59. The quantitative estimate of drug-likeness (QED) is 0.770. The summed E-state index contributed by atoms with van der Waals surface area (Å²) in [4.78, 5) is 0. The summed E-state index contributed by atoms with van der Waals surface area (Å²) in [6.45, 7) is 4.92. The van der Waals surface area contributed by atoms with Gasteiger partial charge in [-0.15, -0.1) is 0 Å². The van der Waals surface area contributed by atoms with Crippen LogP contribution in [0.15, 0.2) is 6.07 Å². The third-order valence-corrected chi connectivity index (χ3v) is 3.70. The number of rotatable bonds is 1. The number of nitrogens with one attached hydrogen (secondary N) is 1. The second kappa shape index (κ2) is 4.03. The Labute approximate surface area is 95.3 Å². The smallest absolute Gasteiger partial charge is 0.120 e. The third-order valence-electron chi connectivity index (χ3n) is 3.12. The molecule has 15 heavy (non-hydrogen) atoms. The summed E-state index contributed by atoms with van der Waals surface area (Å²) >= 11 is 6.19. The van der Waals surface area contributed by atoms with Gasteiger partial charge in [-0.25, -0.2) is 0 Å². The highest BCUT2D eigenvalue weighted by molar-refractivity contribution is 6.32. The predicted molar refractivity (Wildman–Crippen MR) is 62.6 cm³/mol. The van der Waals surface area contributed by atoms with Gasteiger partial charge < -0.3 is 10.4 Å². The van der Waals surface area contributed by atoms with Crippen molar-refractivity contribution in [2.75, 3.05) is 6.54 Å². The number of hydrogen-bond acceptors (Lipinski definition) is 2. The summed E-state index contributed by atoms with van der Waals surface area (Å²) in [6, 6.07) is 2.02. The van der Waals surface area contributed by atoms with Crippen LogP contribution in [0.4, 0.5) is 0 Å². The first-order valence-electron chi connectivity index (χ1n) is 5.33. The molecule has 0 aromatic heterocycles. The van der Waals surface area contributed by atoms with Crippen LogP contribution in [0, 0.1) is 13.8 Å². The zero-order chi connectivity index (χ0) is 11.0. The van der Waals surface area contributed by atoms with Crippen LogP contribution >= 0.6 is 11.6 Å². The van der Waals surface area contributed by atoms with Crippen LogP contribution in [0.25, 0.3) is 0 Å². The van der Waals surface area contributed by atoms with Crippen molar-refractivity contribution in [2.45, 2.75) is 32.7 Å². The molecule has 0 amide bonds. The zero-order valence-electron chi connectivity index (χ0n) is 9.10. The Morgan fingerprint density at radius 3 is 2.80 bits per heavy atom. The lowest BCUT2D eigenvalue weighted by molar-refractivity contribution is 0.455. The van der Waals surface area contributed by atoms with E-state index >= 15 is 0 Å². The van der Waals surface area contributed by atoms with E-state index in [0.29, 0.717) is 5.75 Å². The SMILES string of the molecule is Cc1cc(O)c([C@@H]2CCCN2)c(C)c1Cl. The van der Waals surface area contributed by atoms with Crippen molar-refractivity contribution in [2.24, 2.45) is 0 Å². The minimum absolute atomic E-state index is 0.267. The first-order valence-corrected chi connectivity index (χ1v) is 5.71. The van der Waals surface area contributed by atoms with Gasteiger partial charge in [0.05, 0.1) is 0 Å². The third kappa shape index (κ3) is 1.84. The van der Waals surface area contributed by atoms with E-state index in [1.165, 1.54) is 0 Å². The van der Waals surface area contributed by atoms with Gasteiger partial charge >= 0.3 is 0 Å². The van der Waals surface area contributed by atoms with Crippen LogP contribution in [0.2, 0.25) is 5.02 Å². The van der Waals surface area contributed by atoms with Gasteiger partial charge in [-0.1, -0.05) is 11.6 Å². The fourth-order valence-corrected chi connectivity index (χ4v) is 2.48. The number of benzene rings is 1. The molecule has 2 rings (SSSR count). The number of aryl methyl sites for hydroxylation is 1. The average molecular weight is 226 g/mol. The van der Waals surface area contributed by atoms with E-state index in [4.69, 9.17) is 11.6 Å². The fraction of sp³-hybridized carbons (Fsp3) is 0.500. The molecule has 1 aromatic rings. The Kier molecular flexibility index (Phi) is 2.89. The Morgan fingerprint density at radius 2 is 2.20 bits per heavy atom. The molecule has 0 bridgehead atoms. The van der Waals surface area contributed by atoms with Gasteiger partial charge in [0.15, 0.2) is 0 Å². The van der Waals surface area contributed by atoms with E-state index in [-0.39, 0.29) is 6.04 Å². The van der Waals surface area contributed by atoms with Gasteiger partial charge in [-0.3, -0.25) is 0 Å². The number of phenols is 1. The predicted octanol–water partition coefficient (Wildman–Crippen LogP) is 3.09. The van der Waals surface area contributed by atoms with Gasteiger partial charge in [-0.05, 0) is 50.4 Å². The Balaban J connectivity index is 2.50. The molecule has 1 aliphatic rings. The zero-order valence-corrected chi connectivity index (χ0v) is 9.86. The molecule has 0 spiro atoms. The molecule has 1 fully saturated rings. The average Bonchev–Trinajstić information content (AvgIpc) is 2.68. The Hall–Kier alpha value is -0.730. The highest BCUT2D eigenvalue weighted by Gasteiger charge is 2.23. The van der Waals surface area contributed by atoms with Crippen molar-refractivity contribution in [3.8, 4) is 5.75 Å². The number of hydrogen-bond donors (Lipinski definition) is 2. The standard InChI is InChI=1S/C12H16ClNO/c1-7-6-10(15)11(8(2)12(7)13)9-4-3-5-14-9/h6,9,14-15H,3-5H2,1-2H3/t9-/m0/s1. The van der Waals surface area contributed by atoms with E-state index in [9.17, 15) is 5.11 Å². The van der Waals surface area contributed by atoms with Gasteiger partial charge in [-0.2, -0.15) is 0 Å². The van der Waals surface area contributed by atoms with E-state index in [0.717, 1.165) is 41.1 Å². The van der Waals surface area contributed by atoms with Crippen molar-refractivity contribution in [3.05, 3.63) is 27.8 Å². The molecule has 1 atom stereocenters. The lowest BCUT2D eigenvalue weighted by Gasteiger charge is -2.18. The van der Waals surface area contributed by atoms with Crippen LogP contribution in [-0.2, 0) is 0 Å². The number of phenolic OH excluding ortho intramolecular Hbond substituents is 1. The normalized spacial score (nSPS) is 20.9. The van der Waals surface area contributed by atoms with E-state index < -0.39 is 0 Å². The largest absolute Gasteiger partial charge is 0.508 e.